The second-order valence-electron chi connectivity index (χ2n) is 9.12. The van der Waals surface area contributed by atoms with Crippen LogP contribution in [0.5, 0.6) is 0 Å². The number of hydrogen-bond donors (Lipinski definition) is 0. The van der Waals surface area contributed by atoms with Crippen LogP contribution in [0.15, 0.2) is 94.3 Å². The van der Waals surface area contributed by atoms with Gasteiger partial charge in [0.1, 0.15) is 11.3 Å². The molecule has 40 heavy (non-hydrogen) atoms. The first-order valence-corrected chi connectivity index (χ1v) is 13.1. The van der Waals surface area contributed by atoms with Gasteiger partial charge in [-0.1, -0.05) is 47.7 Å². The number of nitro groups is 1. The molecule has 0 saturated carbocycles. The first kappa shape index (κ1) is 23.7. The van der Waals surface area contributed by atoms with Crippen molar-refractivity contribution < 1.29 is 9.34 Å². The number of aromatic nitrogens is 5. The third-order valence-electron chi connectivity index (χ3n) is 6.63. The maximum atomic E-state index is 13.4. The van der Waals surface area contributed by atoms with Crippen molar-refractivity contribution in [2.75, 3.05) is 0 Å². The van der Waals surface area contributed by atoms with Gasteiger partial charge in [-0.25, -0.2) is 4.68 Å². The highest BCUT2D eigenvalue weighted by Gasteiger charge is 2.20. The maximum Gasteiger partial charge on any atom is 0.291 e. The molecule has 7 rings (SSSR count). The minimum Gasteiger partial charge on any atom is -0.452 e. The number of benzene rings is 3. The molecular formula is C29H18N6O4S. The first-order chi connectivity index (χ1) is 19.5. The summed E-state index contributed by atoms with van der Waals surface area (Å²) in [6.45, 7) is 1.94. The summed E-state index contributed by atoms with van der Waals surface area (Å²) in [6.07, 6.45) is 3.57. The summed E-state index contributed by atoms with van der Waals surface area (Å²) in [6, 6.07) is 23.4. The molecule has 4 aromatic heterocycles. The summed E-state index contributed by atoms with van der Waals surface area (Å²) < 4.78 is 9.41. The van der Waals surface area contributed by atoms with Crippen LogP contribution in [0.25, 0.3) is 50.5 Å². The third kappa shape index (κ3) is 3.87. The Balaban J connectivity index is 1.35. The lowest BCUT2D eigenvalue weighted by Gasteiger charge is -2.00. The van der Waals surface area contributed by atoms with E-state index in [2.05, 4.69) is 10.1 Å². The summed E-state index contributed by atoms with van der Waals surface area (Å²) in [4.78, 5) is 29.1. The fraction of sp³-hybridized carbons (Fsp3) is 0.0345. The highest BCUT2D eigenvalue weighted by molar-refractivity contribution is 7.15. The predicted octanol–water partition coefficient (Wildman–Crippen LogP) is 5.18. The van der Waals surface area contributed by atoms with Gasteiger partial charge in [0.15, 0.2) is 5.76 Å². The molecule has 0 bridgehead atoms. The number of rotatable bonds is 5. The van der Waals surface area contributed by atoms with E-state index in [9.17, 15) is 14.9 Å². The molecule has 0 amide bonds. The Morgan fingerprint density at radius 1 is 0.975 bits per heavy atom. The Morgan fingerprint density at radius 2 is 1.73 bits per heavy atom. The fourth-order valence-corrected chi connectivity index (χ4v) is 5.53. The van der Waals surface area contributed by atoms with E-state index in [1.165, 1.54) is 28.0 Å². The summed E-state index contributed by atoms with van der Waals surface area (Å²) in [7, 11) is 0. The van der Waals surface area contributed by atoms with Gasteiger partial charge in [-0.3, -0.25) is 14.9 Å². The van der Waals surface area contributed by atoms with E-state index in [0.29, 0.717) is 37.9 Å². The van der Waals surface area contributed by atoms with Crippen LogP contribution in [0.3, 0.4) is 0 Å². The number of non-ortho nitro benzene ring substituents is 1. The summed E-state index contributed by atoms with van der Waals surface area (Å²) >= 11 is 1.22. The number of hydrogen-bond acceptors (Lipinski definition) is 8. The van der Waals surface area contributed by atoms with Crippen molar-refractivity contribution in [3.05, 3.63) is 121 Å². The predicted molar refractivity (Wildman–Crippen MR) is 152 cm³/mol. The minimum atomic E-state index is -0.446. The molecule has 4 heterocycles. The number of nitro benzene ring substituents is 1. The van der Waals surface area contributed by atoms with Crippen LogP contribution in [0.1, 0.15) is 11.1 Å². The standard InChI is InChI=1S/C29H18N6O4S/c1-17-22-9-5-6-10-23(22)39-26(17)27-30-29-34(32-27)28(36)24(40-29)15-19-16-33(20-7-3-2-4-8-20)31-25(19)18-11-13-21(14-12-18)35(37)38/h2-16H,1H3. The highest BCUT2D eigenvalue weighted by atomic mass is 32.1. The summed E-state index contributed by atoms with van der Waals surface area (Å²) in [5.41, 5.74) is 4.09. The average molecular weight is 547 g/mol. The minimum absolute atomic E-state index is 0.0142. The van der Waals surface area contributed by atoms with E-state index in [1.54, 1.807) is 22.9 Å². The molecule has 194 valence electrons. The quantitative estimate of drug-likeness (QED) is 0.215. The molecule has 11 heteroatoms. The van der Waals surface area contributed by atoms with Gasteiger partial charge in [0.2, 0.25) is 10.8 Å². The van der Waals surface area contributed by atoms with Crippen LogP contribution in [-0.2, 0) is 0 Å². The lowest BCUT2D eigenvalue weighted by molar-refractivity contribution is -0.384. The van der Waals surface area contributed by atoms with Crippen LogP contribution in [-0.4, -0.2) is 29.3 Å². The van der Waals surface area contributed by atoms with E-state index in [0.717, 1.165) is 22.2 Å². The van der Waals surface area contributed by atoms with Gasteiger partial charge in [0.25, 0.3) is 11.2 Å². The third-order valence-corrected chi connectivity index (χ3v) is 7.59. The molecule has 7 aromatic rings. The molecule has 0 radical (unpaired) electrons. The molecule has 0 aliphatic heterocycles. The van der Waals surface area contributed by atoms with Gasteiger partial charge in [0.05, 0.1) is 15.1 Å². The highest BCUT2D eigenvalue weighted by Crippen LogP contribution is 2.31. The first-order valence-electron chi connectivity index (χ1n) is 12.3. The Bertz CT molecular complexity index is 2180. The van der Waals surface area contributed by atoms with Crippen molar-refractivity contribution in [2.45, 2.75) is 6.92 Å². The molecule has 3 aromatic carbocycles. The number of furan rings is 1. The average Bonchev–Trinajstić information content (AvgIpc) is 3.73. The Hall–Kier alpha value is -5.42. The van der Waals surface area contributed by atoms with Crippen molar-refractivity contribution in [3.8, 4) is 28.5 Å². The van der Waals surface area contributed by atoms with E-state index in [1.807, 2.05) is 67.7 Å². The zero-order valence-corrected chi connectivity index (χ0v) is 21.7. The molecule has 0 N–H and O–H groups in total. The molecular weight excluding hydrogens is 528 g/mol. The topological polar surface area (TPSA) is 121 Å². The molecule has 0 fully saturated rings. The summed E-state index contributed by atoms with van der Waals surface area (Å²) in [5, 5.41) is 21.3. The van der Waals surface area contributed by atoms with Crippen LogP contribution in [0, 0.1) is 17.0 Å². The number of nitrogens with zero attached hydrogens (tertiary/aromatic N) is 6. The number of fused-ring (bicyclic) bond motifs is 2. The van der Waals surface area contributed by atoms with Gasteiger partial charge in [-0.2, -0.15) is 14.6 Å². The Labute approximate surface area is 229 Å². The van der Waals surface area contributed by atoms with E-state index < -0.39 is 4.92 Å². The zero-order chi connectivity index (χ0) is 27.4. The molecule has 0 aliphatic rings. The maximum absolute atomic E-state index is 13.4. The smallest absolute Gasteiger partial charge is 0.291 e. The summed E-state index contributed by atoms with van der Waals surface area (Å²) in [5.74, 6) is 0.888. The second-order valence-corrected chi connectivity index (χ2v) is 10.1. The largest absolute Gasteiger partial charge is 0.452 e. The van der Waals surface area contributed by atoms with E-state index >= 15 is 0 Å². The van der Waals surface area contributed by atoms with Crippen LogP contribution in [0.2, 0.25) is 0 Å². The molecule has 0 aliphatic carbocycles. The number of aryl methyl sites for hydroxylation is 1. The van der Waals surface area contributed by atoms with Gasteiger partial charge >= 0.3 is 0 Å². The van der Waals surface area contributed by atoms with Crippen LogP contribution >= 0.6 is 11.3 Å². The SMILES string of the molecule is Cc1c(-c2nc3sc(=Cc4cn(-c5ccccc5)nc4-c4ccc([N+](=O)[O-])cc4)c(=O)n3n2)oc2ccccc12. The van der Waals surface area contributed by atoms with Gasteiger partial charge in [0, 0.05) is 40.4 Å². The second kappa shape index (κ2) is 9.10. The molecule has 0 saturated heterocycles. The van der Waals surface area contributed by atoms with Crippen LogP contribution < -0.4 is 10.1 Å². The van der Waals surface area contributed by atoms with Crippen molar-refractivity contribution in [2.24, 2.45) is 0 Å². The fourth-order valence-electron chi connectivity index (χ4n) is 4.63. The lowest BCUT2D eigenvalue weighted by atomic mass is 10.1. The molecule has 0 spiro atoms. The van der Waals surface area contributed by atoms with E-state index in [4.69, 9.17) is 9.52 Å². The Morgan fingerprint density at radius 3 is 2.45 bits per heavy atom. The van der Waals surface area contributed by atoms with Crippen molar-refractivity contribution >= 4 is 39.0 Å². The zero-order valence-electron chi connectivity index (χ0n) is 20.9. The van der Waals surface area contributed by atoms with Crippen LogP contribution in [0.4, 0.5) is 5.69 Å². The Kier molecular flexibility index (Phi) is 5.39. The number of thiazole rings is 1. The monoisotopic (exact) mass is 546 g/mol. The lowest BCUT2D eigenvalue weighted by Crippen LogP contribution is -2.23. The van der Waals surface area contributed by atoms with Crippen molar-refractivity contribution in [3.63, 3.8) is 0 Å². The molecule has 0 unspecified atom stereocenters. The van der Waals surface area contributed by atoms with Crippen molar-refractivity contribution in [1.29, 1.82) is 0 Å². The van der Waals surface area contributed by atoms with Gasteiger partial charge < -0.3 is 4.42 Å². The molecule has 10 nitrogen and oxygen atoms in total. The van der Waals surface area contributed by atoms with Gasteiger partial charge in [-0.15, -0.1) is 5.10 Å². The van der Waals surface area contributed by atoms with E-state index in [-0.39, 0.29) is 11.2 Å². The number of para-hydroxylation sites is 2. The van der Waals surface area contributed by atoms with Crippen molar-refractivity contribution in [1.82, 2.24) is 24.4 Å². The normalized spacial score (nSPS) is 12.1. The molecule has 0 atom stereocenters. The van der Waals surface area contributed by atoms with Gasteiger partial charge in [-0.05, 0) is 43.3 Å².